The fourth-order valence-corrected chi connectivity index (χ4v) is 2.91. The monoisotopic (exact) mass is 320 g/mol. The van der Waals surface area contributed by atoms with Crippen molar-refractivity contribution in [1.29, 1.82) is 0 Å². The summed E-state index contributed by atoms with van der Waals surface area (Å²) in [7, 11) is 0. The molecule has 0 atom stereocenters. The molecule has 0 aliphatic heterocycles. The lowest BCUT2D eigenvalue weighted by Gasteiger charge is -2.03. The Morgan fingerprint density at radius 3 is 1.24 bits per heavy atom. The second kappa shape index (κ2) is 20.2. The van der Waals surface area contributed by atoms with Crippen LogP contribution >= 0.6 is 0 Å². The lowest BCUT2D eigenvalue weighted by molar-refractivity contribution is -1.27. The van der Waals surface area contributed by atoms with Crippen LogP contribution < -0.4 is 4.66 Å². The van der Waals surface area contributed by atoms with Crippen molar-refractivity contribution in [2.45, 2.75) is 110 Å². The number of halogens is 1. The van der Waals surface area contributed by atoms with Gasteiger partial charge in [-0.25, -0.2) is 0 Å². The molecule has 0 rings (SSSR count). The molecule has 0 aromatic carbocycles. The molecule has 0 spiro atoms. The predicted molar refractivity (Wildman–Crippen MR) is 85.5 cm³/mol. The SMILES string of the molecule is CCCCCCCCCCCCCCCCCCO[Cl+][O-]. The molecule has 0 aromatic rings. The summed E-state index contributed by atoms with van der Waals surface area (Å²) in [6.45, 7) is 2.87. The molecule has 0 saturated carbocycles. The second-order valence-electron chi connectivity index (χ2n) is 6.18. The summed E-state index contributed by atoms with van der Waals surface area (Å²) in [5, 5.41) is 0. The molecule has 0 amide bonds. The number of hydrogen-bond acceptors (Lipinski definition) is 2. The summed E-state index contributed by atoms with van der Waals surface area (Å²) in [6.07, 6.45) is 21.9. The van der Waals surface area contributed by atoms with E-state index in [9.17, 15) is 4.66 Å². The van der Waals surface area contributed by atoms with Gasteiger partial charge in [-0.2, -0.15) is 0 Å². The Hall–Kier alpha value is 0.210. The zero-order valence-electron chi connectivity index (χ0n) is 14.2. The van der Waals surface area contributed by atoms with Crippen LogP contribution in [0.3, 0.4) is 0 Å². The number of hydrogen-bond donors (Lipinski definition) is 0. The molecular formula is C18H37ClO2. The van der Waals surface area contributed by atoms with Crippen molar-refractivity contribution >= 4 is 0 Å². The van der Waals surface area contributed by atoms with Gasteiger partial charge in [-0.05, 0) is 6.42 Å². The third-order valence-electron chi connectivity index (χ3n) is 4.12. The molecule has 0 heterocycles. The maximum absolute atomic E-state index is 9.93. The van der Waals surface area contributed by atoms with Gasteiger partial charge in [0.05, 0.1) is 0 Å². The van der Waals surface area contributed by atoms with Crippen molar-refractivity contribution < 1.29 is 20.3 Å². The summed E-state index contributed by atoms with van der Waals surface area (Å²) >= 11 is 0.649. The molecule has 0 aliphatic carbocycles. The van der Waals surface area contributed by atoms with Crippen molar-refractivity contribution in [3.8, 4) is 0 Å². The molecule has 0 saturated heterocycles. The first-order valence-corrected chi connectivity index (χ1v) is 9.92. The third-order valence-corrected chi connectivity index (χ3v) is 4.36. The largest absolute Gasteiger partial charge is 0.506 e. The summed E-state index contributed by atoms with van der Waals surface area (Å²) in [5.74, 6) is 0. The van der Waals surface area contributed by atoms with Crippen LogP contribution in [0, 0.1) is 11.3 Å². The lowest BCUT2D eigenvalue weighted by atomic mass is 10.0. The molecule has 0 aliphatic rings. The van der Waals surface area contributed by atoms with Crippen LogP contribution in [0.4, 0.5) is 0 Å². The highest BCUT2D eigenvalue weighted by Crippen LogP contribution is 2.13. The molecule has 21 heavy (non-hydrogen) atoms. The summed E-state index contributed by atoms with van der Waals surface area (Å²) in [5.41, 5.74) is 0. The molecule has 2 nitrogen and oxygen atoms in total. The molecule has 0 N–H and O–H groups in total. The first-order valence-electron chi connectivity index (χ1n) is 9.30. The van der Waals surface area contributed by atoms with Crippen LogP contribution in [-0.4, -0.2) is 6.61 Å². The van der Waals surface area contributed by atoms with E-state index < -0.39 is 0 Å². The highest BCUT2D eigenvalue weighted by molar-refractivity contribution is 4.49. The minimum absolute atomic E-state index is 0.593. The van der Waals surface area contributed by atoms with Crippen LogP contribution in [0.15, 0.2) is 0 Å². The lowest BCUT2D eigenvalue weighted by Crippen LogP contribution is -2.04. The first kappa shape index (κ1) is 21.2. The zero-order chi connectivity index (χ0) is 15.4. The van der Waals surface area contributed by atoms with Crippen LogP contribution in [0.25, 0.3) is 0 Å². The van der Waals surface area contributed by atoms with E-state index in [4.69, 9.17) is 0 Å². The fourth-order valence-electron chi connectivity index (χ4n) is 2.74. The molecule has 128 valence electrons. The molecule has 0 unspecified atom stereocenters. The van der Waals surface area contributed by atoms with Crippen LogP contribution in [0.5, 0.6) is 0 Å². The van der Waals surface area contributed by atoms with E-state index in [1.807, 2.05) is 0 Å². The van der Waals surface area contributed by atoms with Crippen molar-refractivity contribution in [2.75, 3.05) is 6.61 Å². The van der Waals surface area contributed by atoms with Gasteiger partial charge >= 0.3 is 11.3 Å². The fraction of sp³-hybridized carbons (Fsp3) is 1.00. The minimum atomic E-state index is 0.593. The van der Waals surface area contributed by atoms with Crippen molar-refractivity contribution in [3.05, 3.63) is 0 Å². The smallest absolute Gasteiger partial charge is 0.330 e. The summed E-state index contributed by atoms with van der Waals surface area (Å²) < 4.78 is 14.6. The van der Waals surface area contributed by atoms with Crippen LogP contribution in [0.2, 0.25) is 0 Å². The standard InChI is InChI=1S/C18H37ClO2/c1-2-3-4-5-6-7-8-9-10-11-12-13-14-15-16-17-18-21-19-20/h2-18H2,1H3. The van der Waals surface area contributed by atoms with Crippen molar-refractivity contribution in [3.63, 3.8) is 0 Å². The molecule has 0 bridgehead atoms. The number of rotatable bonds is 18. The van der Waals surface area contributed by atoms with Crippen LogP contribution in [0.1, 0.15) is 110 Å². The van der Waals surface area contributed by atoms with Gasteiger partial charge in [0.1, 0.15) is 6.61 Å². The van der Waals surface area contributed by atoms with E-state index in [2.05, 4.69) is 11.2 Å². The average Bonchev–Trinajstić information content (AvgIpc) is 2.50. The Morgan fingerprint density at radius 1 is 0.571 bits per heavy atom. The second-order valence-corrected chi connectivity index (χ2v) is 6.52. The summed E-state index contributed by atoms with van der Waals surface area (Å²) in [4.78, 5) is 0. The van der Waals surface area contributed by atoms with Gasteiger partial charge in [0.15, 0.2) is 0 Å². The average molecular weight is 321 g/mol. The summed E-state index contributed by atoms with van der Waals surface area (Å²) in [6, 6.07) is 0. The third kappa shape index (κ3) is 20.2. The van der Waals surface area contributed by atoms with Gasteiger partial charge in [-0.15, -0.1) is 4.29 Å². The normalized spacial score (nSPS) is 11.1. The van der Waals surface area contributed by atoms with E-state index in [1.165, 1.54) is 96.3 Å². The van der Waals surface area contributed by atoms with E-state index >= 15 is 0 Å². The topological polar surface area (TPSA) is 32.3 Å². The Labute approximate surface area is 137 Å². The van der Waals surface area contributed by atoms with E-state index in [0.717, 1.165) is 6.42 Å². The molecule has 0 fully saturated rings. The van der Waals surface area contributed by atoms with Crippen molar-refractivity contribution in [2.24, 2.45) is 0 Å². The van der Waals surface area contributed by atoms with Gasteiger partial charge in [0, 0.05) is 0 Å². The maximum Gasteiger partial charge on any atom is 0.330 e. The molecule has 0 radical (unpaired) electrons. The Balaban J connectivity index is 2.90. The van der Waals surface area contributed by atoms with E-state index in [1.54, 1.807) is 0 Å². The molecular weight excluding hydrogens is 284 g/mol. The highest BCUT2D eigenvalue weighted by atomic mass is 35.6. The van der Waals surface area contributed by atoms with Gasteiger partial charge in [-0.3, -0.25) is 0 Å². The van der Waals surface area contributed by atoms with Gasteiger partial charge in [-0.1, -0.05) is 103 Å². The first-order chi connectivity index (χ1) is 10.4. The van der Waals surface area contributed by atoms with E-state index in [-0.39, 0.29) is 0 Å². The molecule has 3 heteroatoms. The number of unbranched alkanes of at least 4 members (excludes halogenated alkanes) is 15. The van der Waals surface area contributed by atoms with Crippen LogP contribution in [-0.2, 0) is 4.29 Å². The van der Waals surface area contributed by atoms with Gasteiger partial charge in [0.25, 0.3) is 0 Å². The molecule has 0 aromatic heterocycles. The Morgan fingerprint density at radius 2 is 0.905 bits per heavy atom. The Bertz CT molecular complexity index is 159. The zero-order valence-corrected chi connectivity index (χ0v) is 15.0. The van der Waals surface area contributed by atoms with E-state index in [0.29, 0.717) is 17.9 Å². The van der Waals surface area contributed by atoms with Crippen molar-refractivity contribution in [1.82, 2.24) is 0 Å². The van der Waals surface area contributed by atoms with Gasteiger partial charge in [0.2, 0.25) is 0 Å². The predicted octanol–water partition coefficient (Wildman–Crippen LogP) is 5.54. The minimum Gasteiger partial charge on any atom is -0.506 e. The quantitative estimate of drug-likeness (QED) is 0.310. The Kier molecular flexibility index (Phi) is 20.4. The maximum atomic E-state index is 9.93. The highest BCUT2D eigenvalue weighted by Gasteiger charge is 1.96. The van der Waals surface area contributed by atoms with Gasteiger partial charge < -0.3 is 4.66 Å².